The van der Waals surface area contributed by atoms with E-state index in [4.69, 9.17) is 5.73 Å². The number of carbonyl (C=O) groups is 1. The molecule has 1 aliphatic rings. The van der Waals surface area contributed by atoms with E-state index in [1.54, 1.807) is 18.0 Å². The highest BCUT2D eigenvalue weighted by molar-refractivity contribution is 9.10. The van der Waals surface area contributed by atoms with Gasteiger partial charge in [-0.05, 0) is 37.0 Å². The van der Waals surface area contributed by atoms with Crippen LogP contribution in [0.4, 0.5) is 4.39 Å². The van der Waals surface area contributed by atoms with Crippen molar-refractivity contribution in [1.29, 1.82) is 0 Å². The van der Waals surface area contributed by atoms with Crippen LogP contribution in [0.5, 0.6) is 0 Å². The average Bonchev–Trinajstić information content (AvgIpc) is 3.12. The molecule has 0 bridgehead atoms. The van der Waals surface area contributed by atoms with E-state index < -0.39 is 5.82 Å². The number of rotatable bonds is 4. The lowest BCUT2D eigenvalue weighted by molar-refractivity contribution is 0.0718. The summed E-state index contributed by atoms with van der Waals surface area (Å²) >= 11 is 3.19. The molecule has 0 radical (unpaired) electrons. The van der Waals surface area contributed by atoms with Gasteiger partial charge < -0.3 is 10.6 Å². The first-order valence-corrected chi connectivity index (χ1v) is 6.75. The minimum Gasteiger partial charge on any atom is -0.337 e. The van der Waals surface area contributed by atoms with E-state index in [-0.39, 0.29) is 11.9 Å². The van der Waals surface area contributed by atoms with Crippen molar-refractivity contribution < 1.29 is 9.18 Å². The van der Waals surface area contributed by atoms with Crippen LogP contribution >= 0.6 is 15.9 Å². The second-order valence-electron chi connectivity index (χ2n) is 4.71. The van der Waals surface area contributed by atoms with Gasteiger partial charge in [-0.2, -0.15) is 0 Å². The van der Waals surface area contributed by atoms with Crippen molar-refractivity contribution >= 4 is 21.8 Å². The van der Waals surface area contributed by atoms with Gasteiger partial charge >= 0.3 is 0 Å². The normalized spacial score (nSPS) is 16.4. The van der Waals surface area contributed by atoms with Crippen molar-refractivity contribution in [3.63, 3.8) is 0 Å². The number of carbonyl (C=O) groups excluding carboxylic acids is 1. The summed E-state index contributed by atoms with van der Waals surface area (Å²) in [7, 11) is 1.73. The molecule has 1 aliphatic carbocycles. The first-order valence-electron chi connectivity index (χ1n) is 5.96. The van der Waals surface area contributed by atoms with Crippen LogP contribution in [-0.2, 0) is 0 Å². The molecule has 0 saturated heterocycles. The molecule has 1 saturated carbocycles. The summed E-state index contributed by atoms with van der Waals surface area (Å²) in [5, 5.41) is 0. The molecule has 98 valence electrons. The third-order valence-electron chi connectivity index (χ3n) is 3.33. The van der Waals surface area contributed by atoms with Crippen LogP contribution in [0.1, 0.15) is 23.2 Å². The predicted octanol–water partition coefficient (Wildman–Crippen LogP) is 2.40. The standard InChI is InChI=1S/C13H16BrFN2O/c1-17(12(7-16)8-2-3-8)13(18)9-4-10(14)6-11(15)5-9/h4-6,8,12H,2-3,7,16H2,1H3. The van der Waals surface area contributed by atoms with Gasteiger partial charge in [0.05, 0.1) is 0 Å². The van der Waals surface area contributed by atoms with Crippen LogP contribution in [0.2, 0.25) is 0 Å². The van der Waals surface area contributed by atoms with Gasteiger partial charge in [0, 0.05) is 29.7 Å². The fourth-order valence-corrected chi connectivity index (χ4v) is 2.64. The number of nitrogens with two attached hydrogens (primary N) is 1. The first kappa shape index (κ1) is 13.5. The van der Waals surface area contributed by atoms with E-state index in [0.717, 1.165) is 12.8 Å². The van der Waals surface area contributed by atoms with Crippen LogP contribution in [0.3, 0.4) is 0 Å². The Kier molecular flexibility index (Phi) is 4.02. The molecule has 1 unspecified atom stereocenters. The van der Waals surface area contributed by atoms with E-state index in [0.29, 0.717) is 22.5 Å². The molecule has 1 amide bonds. The van der Waals surface area contributed by atoms with E-state index in [2.05, 4.69) is 15.9 Å². The lowest BCUT2D eigenvalue weighted by Crippen LogP contribution is -2.43. The highest BCUT2D eigenvalue weighted by Crippen LogP contribution is 2.35. The van der Waals surface area contributed by atoms with Crippen molar-refractivity contribution in [3.05, 3.63) is 34.1 Å². The third kappa shape index (κ3) is 2.90. The Bertz CT molecular complexity index is 442. The number of benzene rings is 1. The fourth-order valence-electron chi connectivity index (χ4n) is 2.18. The lowest BCUT2D eigenvalue weighted by atomic mass is 10.1. The van der Waals surface area contributed by atoms with Crippen LogP contribution in [0.25, 0.3) is 0 Å². The van der Waals surface area contributed by atoms with Crippen molar-refractivity contribution in [2.24, 2.45) is 11.7 Å². The molecule has 5 heteroatoms. The molecule has 0 aromatic heterocycles. The zero-order valence-corrected chi connectivity index (χ0v) is 11.8. The fraction of sp³-hybridized carbons (Fsp3) is 0.462. The minimum absolute atomic E-state index is 0.0551. The van der Waals surface area contributed by atoms with Crippen molar-refractivity contribution in [3.8, 4) is 0 Å². The Balaban J connectivity index is 2.18. The maximum atomic E-state index is 13.3. The van der Waals surface area contributed by atoms with Crippen LogP contribution < -0.4 is 5.73 Å². The van der Waals surface area contributed by atoms with Crippen LogP contribution in [-0.4, -0.2) is 30.4 Å². The van der Waals surface area contributed by atoms with Gasteiger partial charge in [-0.15, -0.1) is 0 Å². The van der Waals surface area contributed by atoms with Gasteiger partial charge in [-0.1, -0.05) is 15.9 Å². The summed E-state index contributed by atoms with van der Waals surface area (Å²) in [5.74, 6) is -0.102. The summed E-state index contributed by atoms with van der Waals surface area (Å²) in [6.45, 7) is 0.448. The molecule has 1 fully saturated rings. The summed E-state index contributed by atoms with van der Waals surface area (Å²) in [5.41, 5.74) is 6.06. The number of halogens is 2. The van der Waals surface area contributed by atoms with E-state index >= 15 is 0 Å². The first-order chi connectivity index (χ1) is 8.52. The highest BCUT2D eigenvalue weighted by Gasteiger charge is 2.35. The monoisotopic (exact) mass is 314 g/mol. The summed E-state index contributed by atoms with van der Waals surface area (Å²) in [6.07, 6.45) is 2.23. The number of amides is 1. The summed E-state index contributed by atoms with van der Waals surface area (Å²) < 4.78 is 13.8. The summed E-state index contributed by atoms with van der Waals surface area (Å²) in [4.78, 5) is 13.9. The van der Waals surface area contributed by atoms with Crippen LogP contribution in [0.15, 0.2) is 22.7 Å². The molecule has 1 atom stereocenters. The predicted molar refractivity (Wildman–Crippen MR) is 71.8 cm³/mol. The maximum absolute atomic E-state index is 13.3. The van der Waals surface area contributed by atoms with E-state index in [9.17, 15) is 9.18 Å². The second-order valence-corrected chi connectivity index (χ2v) is 5.63. The molecule has 0 aliphatic heterocycles. The number of nitrogens with zero attached hydrogens (tertiary/aromatic N) is 1. The Labute approximate surface area is 114 Å². The second kappa shape index (κ2) is 5.36. The smallest absolute Gasteiger partial charge is 0.254 e. The molecule has 18 heavy (non-hydrogen) atoms. The van der Waals surface area contributed by atoms with Gasteiger partial charge in [0.15, 0.2) is 0 Å². The molecule has 2 rings (SSSR count). The Morgan fingerprint density at radius 1 is 1.56 bits per heavy atom. The molecule has 3 nitrogen and oxygen atoms in total. The maximum Gasteiger partial charge on any atom is 0.254 e. The Morgan fingerprint density at radius 3 is 2.72 bits per heavy atom. The highest BCUT2D eigenvalue weighted by atomic mass is 79.9. The Morgan fingerprint density at radius 2 is 2.22 bits per heavy atom. The van der Waals surface area contributed by atoms with Gasteiger partial charge in [0.25, 0.3) is 5.91 Å². The minimum atomic E-state index is -0.420. The quantitative estimate of drug-likeness (QED) is 0.927. The Hall–Kier alpha value is -0.940. The topological polar surface area (TPSA) is 46.3 Å². The SMILES string of the molecule is CN(C(=O)c1cc(F)cc(Br)c1)C(CN)C1CC1. The average molecular weight is 315 g/mol. The van der Waals surface area contributed by atoms with Crippen molar-refractivity contribution in [1.82, 2.24) is 4.90 Å². The van der Waals surface area contributed by atoms with Crippen LogP contribution in [0, 0.1) is 11.7 Å². The molecule has 0 heterocycles. The molecular formula is C13H16BrFN2O. The third-order valence-corrected chi connectivity index (χ3v) is 3.79. The number of hydrogen-bond donors (Lipinski definition) is 1. The number of hydrogen-bond acceptors (Lipinski definition) is 2. The molecule has 1 aromatic carbocycles. The zero-order valence-electron chi connectivity index (χ0n) is 10.2. The molecule has 0 spiro atoms. The number of likely N-dealkylation sites (N-methyl/N-ethyl adjacent to an activating group) is 1. The van der Waals surface area contributed by atoms with E-state index in [1.165, 1.54) is 12.1 Å². The van der Waals surface area contributed by atoms with Gasteiger partial charge in [-0.25, -0.2) is 4.39 Å². The van der Waals surface area contributed by atoms with Gasteiger partial charge in [-0.3, -0.25) is 4.79 Å². The van der Waals surface area contributed by atoms with Crippen molar-refractivity contribution in [2.45, 2.75) is 18.9 Å². The van der Waals surface area contributed by atoms with Crippen molar-refractivity contribution in [2.75, 3.05) is 13.6 Å². The molecule has 1 aromatic rings. The van der Waals surface area contributed by atoms with Gasteiger partial charge in [0.1, 0.15) is 5.82 Å². The zero-order chi connectivity index (χ0) is 13.3. The van der Waals surface area contributed by atoms with Gasteiger partial charge in [0.2, 0.25) is 0 Å². The largest absolute Gasteiger partial charge is 0.337 e. The van der Waals surface area contributed by atoms with E-state index in [1.807, 2.05) is 0 Å². The molecular weight excluding hydrogens is 299 g/mol. The molecule has 2 N–H and O–H groups in total. The summed E-state index contributed by atoms with van der Waals surface area (Å²) in [6, 6.07) is 4.27. The lowest BCUT2D eigenvalue weighted by Gasteiger charge is -2.27.